The van der Waals surface area contributed by atoms with Crippen LogP contribution in [0, 0.1) is 6.92 Å². The Labute approximate surface area is 84.6 Å². The van der Waals surface area contributed by atoms with E-state index < -0.39 is 0 Å². The first kappa shape index (κ1) is 10.7. The summed E-state index contributed by atoms with van der Waals surface area (Å²) in [5.74, 6) is 0.800. The van der Waals surface area contributed by atoms with Gasteiger partial charge in [-0.15, -0.1) is 0 Å². The molecule has 3 nitrogen and oxygen atoms in total. The normalized spacial score (nSPS) is 9.93. The summed E-state index contributed by atoms with van der Waals surface area (Å²) in [5.41, 5.74) is 8.19. The van der Waals surface area contributed by atoms with E-state index in [1.165, 1.54) is 0 Å². The van der Waals surface area contributed by atoms with Gasteiger partial charge < -0.3 is 10.5 Å². The Morgan fingerprint density at radius 1 is 1.57 bits per heavy atom. The molecule has 0 amide bonds. The average Bonchev–Trinajstić information content (AvgIpc) is 2.18. The van der Waals surface area contributed by atoms with Crippen molar-refractivity contribution >= 4 is 5.57 Å². The van der Waals surface area contributed by atoms with E-state index in [0.29, 0.717) is 6.54 Å². The minimum atomic E-state index is 0.603. The predicted molar refractivity (Wildman–Crippen MR) is 58.2 cm³/mol. The maximum Gasteiger partial charge on any atom is 0.140 e. The Kier molecular flexibility index (Phi) is 3.65. The van der Waals surface area contributed by atoms with Crippen LogP contribution in [0.2, 0.25) is 0 Å². The SMILES string of the molecule is C=C(CCN)c1ccc(OC)c(C)n1. The van der Waals surface area contributed by atoms with Crippen molar-refractivity contribution in [1.29, 1.82) is 0 Å². The van der Waals surface area contributed by atoms with Crippen molar-refractivity contribution in [1.82, 2.24) is 4.98 Å². The van der Waals surface area contributed by atoms with E-state index in [1.54, 1.807) is 7.11 Å². The zero-order chi connectivity index (χ0) is 10.6. The fourth-order valence-corrected chi connectivity index (χ4v) is 1.26. The molecule has 0 unspecified atom stereocenters. The standard InChI is InChI=1S/C11H16N2O/c1-8(6-7-12)10-4-5-11(14-3)9(2)13-10/h4-5H,1,6-7,12H2,2-3H3. The fourth-order valence-electron chi connectivity index (χ4n) is 1.26. The van der Waals surface area contributed by atoms with Crippen LogP contribution in [0.5, 0.6) is 5.75 Å². The van der Waals surface area contributed by atoms with Crippen LogP contribution in [0.25, 0.3) is 5.57 Å². The lowest BCUT2D eigenvalue weighted by Crippen LogP contribution is -2.01. The number of pyridine rings is 1. The molecule has 0 atom stereocenters. The Hall–Kier alpha value is -1.35. The number of ether oxygens (including phenoxy) is 1. The number of methoxy groups -OCH3 is 1. The molecule has 0 aliphatic carbocycles. The van der Waals surface area contributed by atoms with E-state index in [9.17, 15) is 0 Å². The molecule has 0 fully saturated rings. The molecule has 0 saturated heterocycles. The highest BCUT2D eigenvalue weighted by molar-refractivity contribution is 5.60. The largest absolute Gasteiger partial charge is 0.495 e. The highest BCUT2D eigenvalue weighted by atomic mass is 16.5. The van der Waals surface area contributed by atoms with Crippen LogP contribution in [0.4, 0.5) is 0 Å². The number of aryl methyl sites for hydroxylation is 1. The molecule has 0 saturated carbocycles. The smallest absolute Gasteiger partial charge is 0.140 e. The maximum absolute atomic E-state index is 5.45. The van der Waals surface area contributed by atoms with Gasteiger partial charge in [0.05, 0.1) is 18.5 Å². The van der Waals surface area contributed by atoms with Gasteiger partial charge in [0.1, 0.15) is 5.75 Å². The number of hydrogen-bond donors (Lipinski definition) is 1. The highest BCUT2D eigenvalue weighted by Gasteiger charge is 2.03. The molecule has 2 N–H and O–H groups in total. The van der Waals surface area contributed by atoms with Crippen LogP contribution in [-0.4, -0.2) is 18.6 Å². The van der Waals surface area contributed by atoms with E-state index in [1.807, 2.05) is 19.1 Å². The zero-order valence-corrected chi connectivity index (χ0v) is 8.71. The maximum atomic E-state index is 5.45. The second-order valence-electron chi connectivity index (χ2n) is 3.13. The third kappa shape index (κ3) is 2.33. The molecule has 0 aliphatic rings. The molecular weight excluding hydrogens is 176 g/mol. The Bertz CT molecular complexity index is 334. The molecule has 1 heterocycles. The molecule has 0 aliphatic heterocycles. The lowest BCUT2D eigenvalue weighted by Gasteiger charge is -2.07. The van der Waals surface area contributed by atoms with Crippen molar-refractivity contribution < 1.29 is 4.74 Å². The third-order valence-corrected chi connectivity index (χ3v) is 2.07. The molecule has 1 rings (SSSR count). The Balaban J connectivity index is 2.91. The molecule has 3 heteroatoms. The molecule has 0 bridgehead atoms. The summed E-state index contributed by atoms with van der Waals surface area (Å²) < 4.78 is 5.12. The minimum absolute atomic E-state index is 0.603. The van der Waals surface area contributed by atoms with Crippen molar-refractivity contribution in [3.63, 3.8) is 0 Å². The summed E-state index contributed by atoms with van der Waals surface area (Å²) in [4.78, 5) is 4.38. The van der Waals surface area contributed by atoms with Crippen LogP contribution in [0.1, 0.15) is 17.8 Å². The molecule has 76 valence electrons. The zero-order valence-electron chi connectivity index (χ0n) is 8.71. The third-order valence-electron chi connectivity index (χ3n) is 2.07. The van der Waals surface area contributed by atoms with E-state index in [2.05, 4.69) is 11.6 Å². The van der Waals surface area contributed by atoms with Crippen LogP contribution in [0.15, 0.2) is 18.7 Å². The van der Waals surface area contributed by atoms with Gasteiger partial charge in [-0.25, -0.2) is 4.98 Å². The van der Waals surface area contributed by atoms with Crippen molar-refractivity contribution in [2.75, 3.05) is 13.7 Å². The summed E-state index contributed by atoms with van der Waals surface area (Å²) >= 11 is 0. The van der Waals surface area contributed by atoms with Gasteiger partial charge in [-0.2, -0.15) is 0 Å². The summed E-state index contributed by atoms with van der Waals surface area (Å²) in [6, 6.07) is 3.81. The number of hydrogen-bond acceptors (Lipinski definition) is 3. The van der Waals surface area contributed by atoms with E-state index in [4.69, 9.17) is 10.5 Å². The number of rotatable bonds is 4. The van der Waals surface area contributed by atoms with Gasteiger partial charge in [-0.1, -0.05) is 6.58 Å². The number of nitrogens with zero attached hydrogens (tertiary/aromatic N) is 1. The second kappa shape index (κ2) is 4.77. The number of nitrogens with two attached hydrogens (primary N) is 1. The minimum Gasteiger partial charge on any atom is -0.495 e. The lowest BCUT2D eigenvalue weighted by atomic mass is 10.1. The topological polar surface area (TPSA) is 48.1 Å². The van der Waals surface area contributed by atoms with Gasteiger partial charge in [0, 0.05) is 0 Å². The van der Waals surface area contributed by atoms with E-state index in [-0.39, 0.29) is 0 Å². The fraction of sp³-hybridized carbons (Fsp3) is 0.364. The average molecular weight is 192 g/mol. The Morgan fingerprint density at radius 3 is 2.79 bits per heavy atom. The van der Waals surface area contributed by atoms with Crippen molar-refractivity contribution in [2.45, 2.75) is 13.3 Å². The first-order valence-electron chi connectivity index (χ1n) is 4.59. The van der Waals surface area contributed by atoms with Crippen LogP contribution >= 0.6 is 0 Å². The number of aromatic nitrogens is 1. The quantitative estimate of drug-likeness (QED) is 0.790. The Morgan fingerprint density at radius 2 is 2.29 bits per heavy atom. The van der Waals surface area contributed by atoms with Crippen LogP contribution in [-0.2, 0) is 0 Å². The van der Waals surface area contributed by atoms with Crippen molar-refractivity contribution in [3.05, 3.63) is 30.1 Å². The van der Waals surface area contributed by atoms with Gasteiger partial charge in [-0.05, 0) is 37.6 Å². The predicted octanol–water partition coefficient (Wildman–Crippen LogP) is 1.76. The van der Waals surface area contributed by atoms with Crippen LogP contribution < -0.4 is 10.5 Å². The molecule has 1 aromatic rings. The molecule has 1 aromatic heterocycles. The van der Waals surface area contributed by atoms with Crippen molar-refractivity contribution in [3.8, 4) is 5.75 Å². The molecule has 14 heavy (non-hydrogen) atoms. The molecule has 0 spiro atoms. The summed E-state index contributed by atoms with van der Waals surface area (Å²) in [6.07, 6.45) is 0.777. The van der Waals surface area contributed by atoms with Gasteiger partial charge in [-0.3, -0.25) is 0 Å². The van der Waals surface area contributed by atoms with Crippen LogP contribution in [0.3, 0.4) is 0 Å². The van der Waals surface area contributed by atoms with Gasteiger partial charge >= 0.3 is 0 Å². The monoisotopic (exact) mass is 192 g/mol. The summed E-state index contributed by atoms with van der Waals surface area (Å²) in [7, 11) is 1.64. The summed E-state index contributed by atoms with van der Waals surface area (Å²) in [6.45, 7) is 6.45. The van der Waals surface area contributed by atoms with Gasteiger partial charge in [0.2, 0.25) is 0 Å². The molecule has 0 radical (unpaired) electrons. The van der Waals surface area contributed by atoms with E-state index >= 15 is 0 Å². The first-order valence-corrected chi connectivity index (χ1v) is 4.59. The van der Waals surface area contributed by atoms with E-state index in [0.717, 1.165) is 29.1 Å². The highest BCUT2D eigenvalue weighted by Crippen LogP contribution is 2.19. The molecule has 0 aromatic carbocycles. The van der Waals surface area contributed by atoms with Gasteiger partial charge in [0.15, 0.2) is 0 Å². The van der Waals surface area contributed by atoms with Crippen molar-refractivity contribution in [2.24, 2.45) is 5.73 Å². The molecular formula is C11H16N2O. The second-order valence-corrected chi connectivity index (χ2v) is 3.13. The van der Waals surface area contributed by atoms with Gasteiger partial charge in [0.25, 0.3) is 0 Å². The lowest BCUT2D eigenvalue weighted by molar-refractivity contribution is 0.409. The summed E-state index contributed by atoms with van der Waals surface area (Å²) in [5, 5.41) is 0. The first-order chi connectivity index (χ1) is 6.69.